The van der Waals surface area contributed by atoms with Crippen LogP contribution in [-0.2, 0) is 16.0 Å². The zero-order valence-corrected chi connectivity index (χ0v) is 17.9. The van der Waals surface area contributed by atoms with E-state index < -0.39 is 12.0 Å². The van der Waals surface area contributed by atoms with Gasteiger partial charge in [0.2, 0.25) is 11.8 Å². The summed E-state index contributed by atoms with van der Waals surface area (Å²) in [5.41, 5.74) is 1.15. The van der Waals surface area contributed by atoms with Gasteiger partial charge < -0.3 is 20.1 Å². The summed E-state index contributed by atoms with van der Waals surface area (Å²) in [4.78, 5) is 26.3. The standard InChI is InChI=1S/C22H24Cl2N2O4/c23-18-7-4-8-19(21(18)24)30-14-17(27)12-25-22(29)16-11-20(28)26(13-16)10-9-15-5-2-1-3-6-15/h1-8,16-17,27H,9-14H2,(H,25,29). The molecule has 160 valence electrons. The first-order chi connectivity index (χ1) is 14.4. The Bertz CT molecular complexity index is 879. The van der Waals surface area contributed by atoms with Crippen LogP contribution in [0.3, 0.4) is 0 Å². The van der Waals surface area contributed by atoms with E-state index >= 15 is 0 Å². The molecule has 2 unspecified atom stereocenters. The number of aliphatic hydroxyl groups excluding tert-OH is 1. The van der Waals surface area contributed by atoms with Crippen molar-refractivity contribution in [1.29, 1.82) is 0 Å². The van der Waals surface area contributed by atoms with E-state index in [4.69, 9.17) is 27.9 Å². The zero-order valence-electron chi connectivity index (χ0n) is 16.4. The van der Waals surface area contributed by atoms with Crippen LogP contribution in [0.15, 0.2) is 48.5 Å². The smallest absolute Gasteiger partial charge is 0.225 e. The largest absolute Gasteiger partial charge is 0.489 e. The quantitative estimate of drug-likeness (QED) is 0.615. The van der Waals surface area contributed by atoms with E-state index in [0.29, 0.717) is 23.9 Å². The number of aliphatic hydroxyl groups is 1. The van der Waals surface area contributed by atoms with Gasteiger partial charge in [0.25, 0.3) is 0 Å². The molecule has 30 heavy (non-hydrogen) atoms. The van der Waals surface area contributed by atoms with Crippen LogP contribution in [0.4, 0.5) is 0 Å². The number of nitrogens with one attached hydrogen (secondary N) is 1. The minimum Gasteiger partial charge on any atom is -0.489 e. The number of halogens is 2. The Labute approximate surface area is 185 Å². The summed E-state index contributed by atoms with van der Waals surface area (Å²) in [7, 11) is 0. The van der Waals surface area contributed by atoms with Gasteiger partial charge in [0, 0.05) is 26.1 Å². The summed E-state index contributed by atoms with van der Waals surface area (Å²) in [6.45, 7) is 0.949. The highest BCUT2D eigenvalue weighted by Gasteiger charge is 2.34. The molecule has 0 aliphatic carbocycles. The maximum Gasteiger partial charge on any atom is 0.225 e. The van der Waals surface area contributed by atoms with Crippen LogP contribution >= 0.6 is 23.2 Å². The van der Waals surface area contributed by atoms with E-state index in [1.165, 1.54) is 0 Å². The first kappa shape index (κ1) is 22.4. The van der Waals surface area contributed by atoms with E-state index in [9.17, 15) is 14.7 Å². The molecule has 1 aliphatic heterocycles. The van der Waals surface area contributed by atoms with E-state index in [0.717, 1.165) is 12.0 Å². The van der Waals surface area contributed by atoms with Crippen molar-refractivity contribution in [2.24, 2.45) is 5.92 Å². The summed E-state index contributed by atoms with van der Waals surface area (Å²) < 4.78 is 5.47. The molecule has 2 aromatic rings. The van der Waals surface area contributed by atoms with E-state index in [1.807, 2.05) is 30.3 Å². The van der Waals surface area contributed by atoms with Gasteiger partial charge in [-0.25, -0.2) is 0 Å². The first-order valence-corrected chi connectivity index (χ1v) is 10.5. The molecule has 2 N–H and O–H groups in total. The Hall–Kier alpha value is -2.28. The summed E-state index contributed by atoms with van der Waals surface area (Å²) >= 11 is 12.0. The Morgan fingerprint density at radius 2 is 1.97 bits per heavy atom. The Balaban J connectivity index is 1.40. The van der Waals surface area contributed by atoms with Crippen LogP contribution in [0.2, 0.25) is 10.0 Å². The molecule has 2 amide bonds. The molecule has 0 aromatic heterocycles. The lowest BCUT2D eigenvalue weighted by molar-refractivity contribution is -0.129. The minimum atomic E-state index is -0.921. The summed E-state index contributed by atoms with van der Waals surface area (Å²) in [6.07, 6.45) is 0.0178. The van der Waals surface area contributed by atoms with Gasteiger partial charge in [-0.2, -0.15) is 0 Å². The second kappa shape index (κ2) is 10.7. The van der Waals surface area contributed by atoms with Crippen LogP contribution in [0.25, 0.3) is 0 Å². The molecule has 0 saturated carbocycles. The third-order valence-electron chi connectivity index (χ3n) is 4.96. The fourth-order valence-electron chi connectivity index (χ4n) is 3.28. The average molecular weight is 451 g/mol. The number of carbonyl (C=O) groups excluding carboxylic acids is 2. The number of amides is 2. The van der Waals surface area contributed by atoms with Gasteiger partial charge in [-0.15, -0.1) is 0 Å². The van der Waals surface area contributed by atoms with Crippen molar-refractivity contribution in [2.45, 2.75) is 18.9 Å². The Morgan fingerprint density at radius 1 is 1.20 bits per heavy atom. The monoisotopic (exact) mass is 450 g/mol. The highest BCUT2D eigenvalue weighted by atomic mass is 35.5. The third-order valence-corrected chi connectivity index (χ3v) is 5.76. The number of ether oxygens (including phenoxy) is 1. The predicted molar refractivity (Wildman–Crippen MR) is 116 cm³/mol. The molecule has 3 rings (SSSR count). The molecule has 8 heteroatoms. The number of hydrogen-bond acceptors (Lipinski definition) is 4. The molecule has 6 nitrogen and oxygen atoms in total. The summed E-state index contributed by atoms with van der Waals surface area (Å²) in [5, 5.41) is 13.4. The number of rotatable bonds is 9. The lowest BCUT2D eigenvalue weighted by Crippen LogP contribution is -2.39. The van der Waals surface area contributed by atoms with E-state index in [1.54, 1.807) is 23.1 Å². The van der Waals surface area contributed by atoms with Gasteiger partial charge in [0.05, 0.1) is 10.9 Å². The molecule has 2 atom stereocenters. The number of carbonyl (C=O) groups is 2. The molecule has 1 heterocycles. The van der Waals surface area contributed by atoms with Crippen molar-refractivity contribution < 1.29 is 19.4 Å². The van der Waals surface area contributed by atoms with Crippen LogP contribution < -0.4 is 10.1 Å². The SMILES string of the molecule is O=C(NCC(O)COc1cccc(Cl)c1Cl)C1CC(=O)N(CCc2ccccc2)C1. The topological polar surface area (TPSA) is 78.9 Å². The van der Waals surface area contributed by atoms with Gasteiger partial charge in [-0.05, 0) is 24.1 Å². The molecule has 1 saturated heterocycles. The van der Waals surface area contributed by atoms with Crippen molar-refractivity contribution in [1.82, 2.24) is 10.2 Å². The van der Waals surface area contributed by atoms with E-state index in [-0.39, 0.29) is 36.4 Å². The van der Waals surface area contributed by atoms with Crippen LogP contribution in [0.5, 0.6) is 5.75 Å². The Kier molecular flexibility index (Phi) is 7.96. The molecule has 0 spiro atoms. The lowest BCUT2D eigenvalue weighted by Gasteiger charge is -2.17. The van der Waals surface area contributed by atoms with Crippen molar-refractivity contribution in [3.8, 4) is 5.75 Å². The highest BCUT2D eigenvalue weighted by molar-refractivity contribution is 6.42. The van der Waals surface area contributed by atoms with Gasteiger partial charge in [-0.1, -0.05) is 59.6 Å². The van der Waals surface area contributed by atoms with E-state index in [2.05, 4.69) is 5.32 Å². The summed E-state index contributed by atoms with van der Waals surface area (Å²) in [6, 6.07) is 14.9. The van der Waals surface area contributed by atoms with Gasteiger partial charge in [0.15, 0.2) is 0 Å². The number of benzene rings is 2. The highest BCUT2D eigenvalue weighted by Crippen LogP contribution is 2.31. The van der Waals surface area contributed by atoms with Crippen LogP contribution in [0, 0.1) is 5.92 Å². The Morgan fingerprint density at radius 3 is 2.73 bits per heavy atom. The van der Waals surface area contributed by atoms with Crippen LogP contribution in [0.1, 0.15) is 12.0 Å². The fourth-order valence-corrected chi connectivity index (χ4v) is 3.62. The maximum absolute atomic E-state index is 12.4. The van der Waals surface area contributed by atoms with Crippen LogP contribution in [-0.4, -0.2) is 54.2 Å². The van der Waals surface area contributed by atoms with Gasteiger partial charge in [-0.3, -0.25) is 9.59 Å². The summed E-state index contributed by atoms with van der Waals surface area (Å²) in [5.74, 6) is -0.315. The third kappa shape index (κ3) is 6.11. The molecular formula is C22H24Cl2N2O4. The van der Waals surface area contributed by atoms with Crippen molar-refractivity contribution in [3.05, 3.63) is 64.1 Å². The molecule has 0 bridgehead atoms. The molecule has 1 fully saturated rings. The molecule has 1 aliphatic rings. The second-order valence-electron chi connectivity index (χ2n) is 7.24. The normalized spacial score (nSPS) is 17.1. The number of nitrogens with zero attached hydrogens (tertiary/aromatic N) is 1. The van der Waals surface area contributed by atoms with Crippen molar-refractivity contribution >= 4 is 35.0 Å². The zero-order chi connectivity index (χ0) is 21.5. The lowest BCUT2D eigenvalue weighted by atomic mass is 10.1. The van der Waals surface area contributed by atoms with Crippen molar-refractivity contribution in [2.75, 3.05) is 26.2 Å². The number of hydrogen-bond donors (Lipinski definition) is 2. The maximum atomic E-state index is 12.4. The fraction of sp³-hybridized carbons (Fsp3) is 0.364. The van der Waals surface area contributed by atoms with Gasteiger partial charge in [0.1, 0.15) is 23.5 Å². The first-order valence-electron chi connectivity index (χ1n) is 9.78. The second-order valence-corrected chi connectivity index (χ2v) is 8.02. The van der Waals surface area contributed by atoms with Gasteiger partial charge >= 0.3 is 0 Å². The average Bonchev–Trinajstić information content (AvgIpc) is 3.13. The minimum absolute atomic E-state index is 0.0196. The number of likely N-dealkylation sites (tertiary alicyclic amines) is 1. The predicted octanol–water partition coefficient (Wildman–Crippen LogP) is 2.94. The molecule has 2 aromatic carbocycles. The van der Waals surface area contributed by atoms with Crippen molar-refractivity contribution in [3.63, 3.8) is 0 Å². The molecular weight excluding hydrogens is 427 g/mol. The molecule has 0 radical (unpaired) electrons.